The van der Waals surface area contributed by atoms with Crippen LogP contribution in [-0.2, 0) is 25.7 Å². The molecule has 0 radical (unpaired) electrons. The minimum atomic E-state index is 0.925. The average molecular weight is 653 g/mol. The Kier molecular flexibility index (Phi) is 33.1. The molecule has 0 nitrogen and oxygen atoms in total. The molecule has 0 aliphatic heterocycles. The second-order valence-corrected chi connectivity index (χ2v) is 11.1. The number of hydrogen-bond donors (Lipinski definition) is 0. The first-order valence-electron chi connectivity index (χ1n) is 19.8. The summed E-state index contributed by atoms with van der Waals surface area (Å²) in [6.07, 6.45) is 36.1. The van der Waals surface area contributed by atoms with Crippen molar-refractivity contribution in [1.82, 2.24) is 0 Å². The van der Waals surface area contributed by atoms with Crippen molar-refractivity contribution >= 4 is 0 Å². The lowest BCUT2D eigenvalue weighted by molar-refractivity contribution is 0.398. The average Bonchev–Trinajstić information content (AvgIpc) is 4.05. The molecule has 268 valence electrons. The summed E-state index contributed by atoms with van der Waals surface area (Å²) < 4.78 is 0. The SMILES string of the molecule is C1=CC2C3C=CC(C3)C2C1.C1=CCC=C1.C1=CCC=C1.CC.CC.CC.CC.CCc1ccc(CC)cc1.CCc1ccc(CC)cc1. The van der Waals surface area contributed by atoms with E-state index in [0.29, 0.717) is 0 Å². The van der Waals surface area contributed by atoms with E-state index in [1.165, 1.54) is 35.1 Å². The monoisotopic (exact) mass is 653 g/mol. The molecule has 48 heavy (non-hydrogen) atoms. The smallest absolute Gasteiger partial charge is 0.0133 e. The van der Waals surface area contributed by atoms with Gasteiger partial charge in [-0.3, -0.25) is 0 Å². The Morgan fingerprint density at radius 1 is 0.417 bits per heavy atom. The molecule has 2 aromatic rings. The molecule has 7 rings (SSSR count). The maximum Gasteiger partial charge on any atom is -0.0133 e. The lowest BCUT2D eigenvalue weighted by Crippen LogP contribution is -2.12. The number of allylic oxidation sites excluding steroid dienone is 12. The fourth-order valence-electron chi connectivity index (χ4n) is 5.78. The Bertz CT molecular complexity index is 998. The molecule has 0 aromatic heterocycles. The third kappa shape index (κ3) is 19.6. The zero-order valence-electron chi connectivity index (χ0n) is 33.5. The van der Waals surface area contributed by atoms with Crippen LogP contribution in [0.5, 0.6) is 0 Å². The van der Waals surface area contributed by atoms with Crippen molar-refractivity contribution in [3.63, 3.8) is 0 Å². The largest absolute Gasteiger partial charge is 0.0879 e. The van der Waals surface area contributed by atoms with Crippen LogP contribution in [0.1, 0.15) is 131 Å². The van der Waals surface area contributed by atoms with Gasteiger partial charge >= 0.3 is 0 Å². The summed E-state index contributed by atoms with van der Waals surface area (Å²) >= 11 is 0. The lowest BCUT2D eigenvalue weighted by atomic mass is 9.86. The van der Waals surface area contributed by atoms with Gasteiger partial charge in [-0.2, -0.15) is 0 Å². The van der Waals surface area contributed by atoms with E-state index in [0.717, 1.165) is 62.2 Å². The molecule has 2 bridgehead atoms. The van der Waals surface area contributed by atoms with E-state index in [1.807, 2.05) is 55.4 Å². The Morgan fingerprint density at radius 3 is 0.979 bits per heavy atom. The van der Waals surface area contributed by atoms with Gasteiger partial charge in [0.15, 0.2) is 0 Å². The molecule has 0 heteroatoms. The minimum Gasteiger partial charge on any atom is -0.0879 e. The maximum absolute atomic E-state index is 2.44. The number of aryl methyl sites for hydroxylation is 4. The summed E-state index contributed by atoms with van der Waals surface area (Å²) in [5.41, 5.74) is 5.71. The number of rotatable bonds is 4. The number of fused-ring (bicyclic) bond motifs is 5. The van der Waals surface area contributed by atoms with Crippen LogP contribution in [0.2, 0.25) is 0 Å². The summed E-state index contributed by atoms with van der Waals surface area (Å²) in [5, 5.41) is 0. The van der Waals surface area contributed by atoms with Crippen molar-refractivity contribution in [2.45, 2.75) is 134 Å². The molecule has 0 saturated heterocycles. The van der Waals surface area contributed by atoms with Crippen molar-refractivity contribution < 1.29 is 0 Å². The van der Waals surface area contributed by atoms with E-state index in [9.17, 15) is 0 Å². The molecule has 5 aliphatic rings. The summed E-state index contributed by atoms with van der Waals surface area (Å²) in [6, 6.07) is 17.7. The Labute approximate surface area is 301 Å². The molecular formula is C48H76. The quantitative estimate of drug-likeness (QED) is 0.288. The van der Waals surface area contributed by atoms with E-state index < -0.39 is 0 Å². The summed E-state index contributed by atoms with van der Waals surface area (Å²) in [5.74, 6) is 3.82. The van der Waals surface area contributed by atoms with Gasteiger partial charge in [-0.25, -0.2) is 0 Å². The van der Waals surface area contributed by atoms with E-state index in [1.54, 1.807) is 0 Å². The van der Waals surface area contributed by atoms with Gasteiger partial charge in [0.2, 0.25) is 0 Å². The second kappa shape index (κ2) is 33.8. The van der Waals surface area contributed by atoms with Crippen molar-refractivity contribution in [3.05, 3.63) is 144 Å². The Hall–Kier alpha value is -3.12. The van der Waals surface area contributed by atoms with Crippen LogP contribution in [0, 0.1) is 23.7 Å². The fraction of sp³-hybridized carbons (Fsp3) is 0.500. The third-order valence-corrected chi connectivity index (χ3v) is 8.44. The van der Waals surface area contributed by atoms with Crippen LogP contribution in [0.15, 0.2) is 121 Å². The first kappa shape index (κ1) is 47.0. The van der Waals surface area contributed by atoms with E-state index in [4.69, 9.17) is 0 Å². The van der Waals surface area contributed by atoms with Crippen LogP contribution in [-0.4, -0.2) is 0 Å². The highest BCUT2D eigenvalue weighted by atomic mass is 14.5. The molecule has 1 saturated carbocycles. The van der Waals surface area contributed by atoms with Crippen molar-refractivity contribution in [2.24, 2.45) is 23.7 Å². The predicted octanol–water partition coefficient (Wildman–Crippen LogP) is 15.1. The van der Waals surface area contributed by atoms with E-state index in [-0.39, 0.29) is 0 Å². The van der Waals surface area contributed by atoms with Crippen LogP contribution in [0.3, 0.4) is 0 Å². The summed E-state index contributed by atoms with van der Waals surface area (Å²) in [4.78, 5) is 0. The van der Waals surface area contributed by atoms with Crippen molar-refractivity contribution in [1.29, 1.82) is 0 Å². The molecule has 4 unspecified atom stereocenters. The zero-order chi connectivity index (χ0) is 36.4. The van der Waals surface area contributed by atoms with Crippen LogP contribution in [0.4, 0.5) is 0 Å². The first-order chi connectivity index (χ1) is 23.7. The van der Waals surface area contributed by atoms with E-state index in [2.05, 4.69) is 149 Å². The van der Waals surface area contributed by atoms with Crippen LogP contribution in [0.25, 0.3) is 0 Å². The Balaban J connectivity index is 0. The molecule has 0 spiro atoms. The molecule has 0 amide bonds. The Morgan fingerprint density at radius 2 is 0.729 bits per heavy atom. The molecule has 5 aliphatic carbocycles. The van der Waals surface area contributed by atoms with Crippen LogP contribution >= 0.6 is 0 Å². The summed E-state index contributed by atoms with van der Waals surface area (Å²) in [7, 11) is 0. The van der Waals surface area contributed by atoms with Gasteiger partial charge in [0.05, 0.1) is 0 Å². The highest BCUT2D eigenvalue weighted by molar-refractivity contribution is 5.23. The van der Waals surface area contributed by atoms with Crippen molar-refractivity contribution in [3.8, 4) is 0 Å². The van der Waals surface area contributed by atoms with E-state index >= 15 is 0 Å². The molecule has 4 atom stereocenters. The maximum atomic E-state index is 2.44. The molecule has 2 aromatic carbocycles. The highest BCUT2D eigenvalue weighted by Crippen LogP contribution is 2.52. The van der Waals surface area contributed by atoms with Gasteiger partial charge in [-0.15, -0.1) is 0 Å². The van der Waals surface area contributed by atoms with Crippen molar-refractivity contribution in [2.75, 3.05) is 0 Å². The van der Waals surface area contributed by atoms with Crippen LogP contribution < -0.4 is 0 Å². The van der Waals surface area contributed by atoms with Gasteiger partial charge in [0.25, 0.3) is 0 Å². The predicted molar refractivity (Wildman–Crippen MR) is 223 cm³/mol. The number of benzene rings is 2. The summed E-state index contributed by atoms with van der Waals surface area (Å²) in [6.45, 7) is 24.7. The zero-order valence-corrected chi connectivity index (χ0v) is 33.5. The van der Waals surface area contributed by atoms with Gasteiger partial charge < -0.3 is 0 Å². The minimum absolute atomic E-state index is 0.925. The first-order valence-corrected chi connectivity index (χ1v) is 19.8. The standard InChI is InChI=1S/C10H12.2C10H14.2C5H6.4C2H6/c1-2-9-7-4-5-8(6-7)10(9)3-1;2*1-3-9-5-7-10(4-2)8-6-9;2*1-2-4-5-3-1;4*1-2/h1-2,4-5,7-10H,3,6H2;2*5-8H,3-4H2,1-2H3;2*1-4H,5H2;4*1-2H3. The van der Waals surface area contributed by atoms with Gasteiger partial charge in [0.1, 0.15) is 0 Å². The molecule has 1 fully saturated rings. The van der Waals surface area contributed by atoms with Gasteiger partial charge in [-0.1, -0.05) is 205 Å². The lowest BCUT2D eigenvalue weighted by Gasteiger charge is -2.18. The topological polar surface area (TPSA) is 0 Å². The molecule has 0 N–H and O–H groups in total. The van der Waals surface area contributed by atoms with Gasteiger partial charge in [-0.05, 0) is 97.3 Å². The normalized spacial score (nSPS) is 19.6. The number of hydrogen-bond acceptors (Lipinski definition) is 0. The second-order valence-electron chi connectivity index (χ2n) is 11.1. The molecule has 0 heterocycles. The third-order valence-electron chi connectivity index (χ3n) is 8.44. The molecular weight excluding hydrogens is 577 g/mol. The fourth-order valence-corrected chi connectivity index (χ4v) is 5.78. The van der Waals surface area contributed by atoms with Gasteiger partial charge in [0, 0.05) is 0 Å². The highest BCUT2D eigenvalue weighted by Gasteiger charge is 2.44.